The first-order chi connectivity index (χ1) is 15.9. The summed E-state index contributed by atoms with van der Waals surface area (Å²) in [4.78, 5) is 12.9. The van der Waals surface area contributed by atoms with Crippen molar-refractivity contribution in [1.82, 2.24) is 19.5 Å². The highest BCUT2D eigenvalue weighted by Gasteiger charge is 2.36. The van der Waals surface area contributed by atoms with E-state index in [0.29, 0.717) is 34.9 Å². The molecular formula is C24H23ClFN5O2. The maximum Gasteiger partial charge on any atom is 0.144 e. The van der Waals surface area contributed by atoms with E-state index in [1.807, 2.05) is 29.8 Å². The Kier molecular flexibility index (Phi) is 5.52. The van der Waals surface area contributed by atoms with E-state index < -0.39 is 24.1 Å². The fraction of sp³-hybridized carbons (Fsp3) is 0.292. The predicted octanol–water partition coefficient (Wildman–Crippen LogP) is 3.75. The van der Waals surface area contributed by atoms with Crippen LogP contribution in [0, 0.1) is 5.82 Å². The van der Waals surface area contributed by atoms with Crippen molar-refractivity contribution in [3.8, 4) is 0 Å². The summed E-state index contributed by atoms with van der Waals surface area (Å²) < 4.78 is 16.5. The molecule has 3 aromatic heterocycles. The van der Waals surface area contributed by atoms with Gasteiger partial charge in [-0.1, -0.05) is 24.6 Å². The van der Waals surface area contributed by atoms with Gasteiger partial charge in [0.2, 0.25) is 0 Å². The normalized spacial score (nSPS) is 20.6. The van der Waals surface area contributed by atoms with Crippen LogP contribution in [0.25, 0.3) is 21.9 Å². The van der Waals surface area contributed by atoms with Crippen LogP contribution in [-0.2, 0) is 12.8 Å². The van der Waals surface area contributed by atoms with Gasteiger partial charge in [0.1, 0.15) is 35.8 Å². The minimum Gasteiger partial charge on any atom is -0.388 e. The Hall–Kier alpha value is -3.07. The van der Waals surface area contributed by atoms with Gasteiger partial charge in [0.25, 0.3) is 0 Å². The average Bonchev–Trinajstić information content (AvgIpc) is 3.35. The highest BCUT2D eigenvalue weighted by molar-refractivity contribution is 6.33. The molecule has 33 heavy (non-hydrogen) atoms. The Labute approximate surface area is 194 Å². The van der Waals surface area contributed by atoms with Crippen molar-refractivity contribution in [3.05, 3.63) is 70.5 Å². The van der Waals surface area contributed by atoms with Crippen LogP contribution in [-0.4, -0.2) is 41.9 Å². The van der Waals surface area contributed by atoms with Crippen molar-refractivity contribution in [3.63, 3.8) is 0 Å². The Bertz CT molecular complexity index is 1400. The Morgan fingerprint density at radius 1 is 1.15 bits per heavy atom. The van der Waals surface area contributed by atoms with Crippen LogP contribution in [0.4, 0.5) is 10.2 Å². The van der Waals surface area contributed by atoms with Gasteiger partial charge in [-0.05, 0) is 54.7 Å². The summed E-state index contributed by atoms with van der Waals surface area (Å²) >= 11 is 5.96. The first-order valence-electron chi connectivity index (χ1n) is 10.8. The number of halogens is 2. The van der Waals surface area contributed by atoms with Gasteiger partial charge in [-0.3, -0.25) is 0 Å². The van der Waals surface area contributed by atoms with E-state index in [4.69, 9.17) is 17.3 Å². The Morgan fingerprint density at radius 2 is 1.97 bits per heavy atom. The number of hydrogen-bond acceptors (Lipinski definition) is 6. The molecule has 0 unspecified atom stereocenters. The van der Waals surface area contributed by atoms with Gasteiger partial charge < -0.3 is 20.5 Å². The number of pyridine rings is 1. The molecule has 1 aliphatic carbocycles. The van der Waals surface area contributed by atoms with Crippen molar-refractivity contribution in [2.75, 3.05) is 5.73 Å². The summed E-state index contributed by atoms with van der Waals surface area (Å²) in [5.74, 6) is -0.282. The lowest BCUT2D eigenvalue weighted by molar-refractivity contribution is 0.0317. The maximum absolute atomic E-state index is 14.6. The standard InChI is InChI=1S/C24H23ClFN5O2/c1-2-18-14-5-6-31(24(14)29-11-28-18)20-9-13(21(32)22(20)33)4-3-12-7-17(26)15-10-16(25)23(27)30-19(15)8-12/h5-11,20-22,32-33H,2-4H2,1H3,(H2,27,30)/t20-,21-,22+/m1/s1. The molecule has 9 heteroatoms. The molecule has 0 fully saturated rings. The quantitative estimate of drug-likeness (QED) is 0.385. The molecule has 1 aliphatic rings. The second kappa shape index (κ2) is 8.37. The number of nitrogens with two attached hydrogens (primary N) is 1. The lowest BCUT2D eigenvalue weighted by atomic mass is 10.0. The van der Waals surface area contributed by atoms with Gasteiger partial charge in [-0.2, -0.15) is 0 Å². The van der Waals surface area contributed by atoms with Crippen molar-refractivity contribution in [2.24, 2.45) is 0 Å². The van der Waals surface area contributed by atoms with Crippen molar-refractivity contribution in [2.45, 2.75) is 44.4 Å². The van der Waals surface area contributed by atoms with Gasteiger partial charge in [0.05, 0.1) is 22.3 Å². The van der Waals surface area contributed by atoms with Crippen molar-refractivity contribution in [1.29, 1.82) is 0 Å². The Morgan fingerprint density at radius 3 is 2.76 bits per heavy atom. The summed E-state index contributed by atoms with van der Waals surface area (Å²) in [6.45, 7) is 2.03. The lowest BCUT2D eigenvalue weighted by Gasteiger charge is -2.19. The number of aryl methyl sites for hydroxylation is 2. The van der Waals surface area contributed by atoms with Crippen LogP contribution in [0.1, 0.15) is 30.6 Å². The Balaban J connectivity index is 1.41. The van der Waals surface area contributed by atoms with Gasteiger partial charge in [0, 0.05) is 17.0 Å². The van der Waals surface area contributed by atoms with E-state index in [9.17, 15) is 14.6 Å². The molecule has 0 radical (unpaired) electrons. The molecule has 4 N–H and O–H groups in total. The van der Waals surface area contributed by atoms with Crippen LogP contribution in [0.5, 0.6) is 0 Å². The summed E-state index contributed by atoms with van der Waals surface area (Å²) in [6, 6.07) is 6.15. The van der Waals surface area contributed by atoms with Crippen LogP contribution in [0.3, 0.4) is 0 Å². The number of anilines is 1. The summed E-state index contributed by atoms with van der Waals surface area (Å²) in [5, 5.41) is 22.9. The van der Waals surface area contributed by atoms with Crippen LogP contribution >= 0.6 is 11.6 Å². The molecule has 4 aromatic rings. The number of benzene rings is 1. The first kappa shape index (κ1) is 21.8. The highest BCUT2D eigenvalue weighted by atomic mass is 35.5. The van der Waals surface area contributed by atoms with Gasteiger partial charge in [-0.15, -0.1) is 0 Å². The number of hydrogen-bond donors (Lipinski definition) is 3. The molecule has 0 amide bonds. The molecule has 1 aromatic carbocycles. The third kappa shape index (κ3) is 3.74. The second-order valence-corrected chi connectivity index (χ2v) is 8.71. The smallest absolute Gasteiger partial charge is 0.144 e. The number of aromatic nitrogens is 4. The molecule has 0 aliphatic heterocycles. The average molecular weight is 468 g/mol. The molecule has 5 rings (SSSR count). The molecule has 3 heterocycles. The number of nitrogens with zero attached hydrogens (tertiary/aromatic N) is 4. The predicted molar refractivity (Wildman–Crippen MR) is 125 cm³/mol. The minimum absolute atomic E-state index is 0.148. The zero-order valence-corrected chi connectivity index (χ0v) is 18.7. The van der Waals surface area contributed by atoms with E-state index in [0.717, 1.165) is 23.1 Å². The molecule has 0 saturated carbocycles. The monoisotopic (exact) mass is 467 g/mol. The van der Waals surface area contributed by atoms with E-state index in [1.54, 1.807) is 6.07 Å². The first-order valence-corrected chi connectivity index (χ1v) is 11.2. The number of rotatable bonds is 5. The zero-order chi connectivity index (χ0) is 23.3. The third-order valence-corrected chi connectivity index (χ3v) is 6.62. The fourth-order valence-electron chi connectivity index (χ4n) is 4.55. The van der Waals surface area contributed by atoms with E-state index in [1.165, 1.54) is 18.5 Å². The molecule has 0 bridgehead atoms. The summed E-state index contributed by atoms with van der Waals surface area (Å²) in [6.07, 6.45) is 4.92. The van der Waals surface area contributed by atoms with E-state index in [2.05, 4.69) is 15.0 Å². The fourth-order valence-corrected chi connectivity index (χ4v) is 4.71. The zero-order valence-electron chi connectivity index (χ0n) is 17.9. The van der Waals surface area contributed by atoms with Gasteiger partial charge >= 0.3 is 0 Å². The minimum atomic E-state index is -1.02. The SMILES string of the molecule is CCc1ncnc2c1ccn2[C@@H]1C=C(CCc2cc(F)c3cc(Cl)c(N)nc3c2)[C@@H](O)[C@H]1O. The molecule has 0 spiro atoms. The van der Waals surface area contributed by atoms with Crippen molar-refractivity contribution < 1.29 is 14.6 Å². The van der Waals surface area contributed by atoms with Crippen LogP contribution in [0.15, 0.2) is 48.4 Å². The molecule has 0 saturated heterocycles. The summed E-state index contributed by atoms with van der Waals surface area (Å²) in [7, 11) is 0. The van der Waals surface area contributed by atoms with Crippen molar-refractivity contribution >= 4 is 39.4 Å². The molecule has 7 nitrogen and oxygen atoms in total. The number of aliphatic hydroxyl groups is 2. The van der Waals surface area contributed by atoms with Crippen LogP contribution < -0.4 is 5.73 Å². The lowest BCUT2D eigenvalue weighted by Crippen LogP contribution is -2.29. The second-order valence-electron chi connectivity index (χ2n) is 8.30. The number of aliphatic hydroxyl groups excluding tert-OH is 2. The molecule has 3 atom stereocenters. The third-order valence-electron chi connectivity index (χ3n) is 6.31. The van der Waals surface area contributed by atoms with E-state index in [-0.39, 0.29) is 10.8 Å². The topological polar surface area (TPSA) is 110 Å². The molecular weight excluding hydrogens is 445 g/mol. The maximum atomic E-state index is 14.6. The summed E-state index contributed by atoms with van der Waals surface area (Å²) in [5.41, 5.74) is 9.26. The molecule has 170 valence electrons. The van der Waals surface area contributed by atoms with Crippen LogP contribution in [0.2, 0.25) is 5.02 Å². The number of nitrogen functional groups attached to an aromatic ring is 1. The van der Waals surface area contributed by atoms with E-state index >= 15 is 0 Å². The van der Waals surface area contributed by atoms with Gasteiger partial charge in [0.15, 0.2) is 0 Å². The highest BCUT2D eigenvalue weighted by Crippen LogP contribution is 2.35. The number of fused-ring (bicyclic) bond motifs is 2. The van der Waals surface area contributed by atoms with Gasteiger partial charge in [-0.25, -0.2) is 19.3 Å². The largest absolute Gasteiger partial charge is 0.388 e.